The second kappa shape index (κ2) is 4.81. The summed E-state index contributed by atoms with van der Waals surface area (Å²) in [6.45, 7) is 1.88. The maximum absolute atomic E-state index is 12.3. The van der Waals surface area contributed by atoms with Crippen LogP contribution in [0.2, 0.25) is 5.31 Å². The molecule has 1 N–H and O–H groups in total. The lowest BCUT2D eigenvalue weighted by Gasteiger charge is -2.32. The predicted molar refractivity (Wildman–Crippen MR) is 82.9 cm³/mol. The number of hydrogen-bond acceptors (Lipinski definition) is 4. The Morgan fingerprint density at radius 1 is 1.30 bits per heavy atom. The Hall–Kier alpha value is -0.935. The first kappa shape index (κ1) is 14.0. The third-order valence-electron chi connectivity index (χ3n) is 4.69. The van der Waals surface area contributed by atoms with Crippen LogP contribution >= 0.6 is 12.6 Å². The molecule has 0 unspecified atom stereocenters. The molecule has 0 aromatic heterocycles. The molecule has 2 aliphatic rings. The number of ketones is 1. The van der Waals surface area contributed by atoms with E-state index in [0.29, 0.717) is 12.1 Å². The molecule has 1 heterocycles. The van der Waals surface area contributed by atoms with Gasteiger partial charge in [-0.15, -0.1) is 0 Å². The number of likely N-dealkylation sites (tertiary alicyclic amines) is 1. The van der Waals surface area contributed by atoms with Crippen molar-refractivity contribution >= 4 is 26.3 Å². The summed E-state index contributed by atoms with van der Waals surface area (Å²) in [5.41, 5.74) is 0.624. The zero-order valence-corrected chi connectivity index (χ0v) is 12.3. The number of carbonyl (C=O) groups is 1. The number of phenols is 1. The number of rotatable bonds is 3. The summed E-state index contributed by atoms with van der Waals surface area (Å²) < 4.78 is -0.151. The summed E-state index contributed by atoms with van der Waals surface area (Å²) >= 11 is 4.80. The van der Waals surface area contributed by atoms with E-state index in [2.05, 4.69) is 4.90 Å². The summed E-state index contributed by atoms with van der Waals surface area (Å²) in [7, 11) is 6.46. The zero-order chi connectivity index (χ0) is 14.4. The van der Waals surface area contributed by atoms with E-state index >= 15 is 0 Å². The van der Waals surface area contributed by atoms with Crippen molar-refractivity contribution in [1.29, 1.82) is 0 Å². The normalized spacial score (nSPS) is 33.2. The van der Waals surface area contributed by atoms with E-state index in [4.69, 9.17) is 20.5 Å². The summed E-state index contributed by atoms with van der Waals surface area (Å²) in [6, 6.07) is 6.39. The third kappa shape index (κ3) is 2.27. The van der Waals surface area contributed by atoms with E-state index in [0.717, 1.165) is 32.4 Å². The van der Waals surface area contributed by atoms with E-state index < -0.39 is 0 Å². The fourth-order valence-electron chi connectivity index (χ4n) is 3.52. The van der Waals surface area contributed by atoms with Crippen LogP contribution in [0.1, 0.15) is 29.6 Å². The Morgan fingerprint density at radius 3 is 2.65 bits per heavy atom. The topological polar surface area (TPSA) is 40.5 Å². The molecular weight excluding hydrogens is 269 g/mol. The monoisotopic (exact) mass is 287 g/mol. The molecule has 1 saturated heterocycles. The molecule has 1 aromatic carbocycles. The van der Waals surface area contributed by atoms with Crippen LogP contribution in [0.15, 0.2) is 24.3 Å². The lowest BCUT2D eigenvalue weighted by molar-refractivity contribution is 0.0942. The number of fused-ring (bicyclic) bond motifs is 1. The Bertz CT molecular complexity index is 517. The average Bonchev–Trinajstić information content (AvgIpc) is 2.77. The van der Waals surface area contributed by atoms with Crippen LogP contribution in [0.3, 0.4) is 0 Å². The first-order valence-electron chi connectivity index (χ1n) is 6.98. The lowest BCUT2D eigenvalue weighted by atomic mass is 9.63. The van der Waals surface area contributed by atoms with Gasteiger partial charge in [0.2, 0.25) is 0 Å². The minimum Gasteiger partial charge on any atom is -0.508 e. The van der Waals surface area contributed by atoms with Crippen molar-refractivity contribution in [3.8, 4) is 5.75 Å². The van der Waals surface area contributed by atoms with E-state index in [-0.39, 0.29) is 21.6 Å². The van der Waals surface area contributed by atoms with Gasteiger partial charge in [0.05, 0.1) is 14.4 Å². The molecule has 0 spiro atoms. The second-order valence-corrected chi connectivity index (χ2v) is 7.01. The highest BCUT2D eigenvalue weighted by molar-refractivity contribution is 7.82. The molecule has 0 bridgehead atoms. The van der Waals surface area contributed by atoms with Crippen LogP contribution in [0.25, 0.3) is 0 Å². The van der Waals surface area contributed by atoms with E-state index in [1.165, 1.54) is 12.1 Å². The van der Waals surface area contributed by atoms with Crippen LogP contribution in [-0.4, -0.2) is 48.0 Å². The van der Waals surface area contributed by atoms with Gasteiger partial charge >= 0.3 is 0 Å². The van der Waals surface area contributed by atoms with Gasteiger partial charge < -0.3 is 5.11 Å². The number of aromatic hydroxyl groups is 1. The van der Waals surface area contributed by atoms with Crippen molar-refractivity contribution in [2.24, 2.45) is 0 Å². The molecule has 0 amide bonds. The first-order chi connectivity index (χ1) is 9.42. The standard InChI is InChI=1S/C15H18BNO2S/c16-14-6-1-7-15(14,20)10-17(9-14)8-13(19)11-2-4-12(18)5-3-11/h2-5,18,20H,1,6-10H2/t14-,15+/m1/s1. The van der Waals surface area contributed by atoms with Gasteiger partial charge in [0.25, 0.3) is 0 Å². The SMILES string of the molecule is [B][C@@]12CCC[C@]1(S)CN(CC(=O)c1ccc(O)cc1)C2. The summed E-state index contributed by atoms with van der Waals surface area (Å²) in [6.07, 6.45) is 3.14. The van der Waals surface area contributed by atoms with Gasteiger partial charge in [-0.2, -0.15) is 12.6 Å². The van der Waals surface area contributed by atoms with Crippen molar-refractivity contribution in [2.45, 2.75) is 29.3 Å². The van der Waals surface area contributed by atoms with Crippen LogP contribution < -0.4 is 0 Å². The minimum atomic E-state index is -0.259. The number of thiol groups is 1. The number of Topliss-reactive ketones (excluding diaryl/α,β-unsaturated/α-hetero) is 1. The molecule has 104 valence electrons. The van der Waals surface area contributed by atoms with Crippen LogP contribution in [0.4, 0.5) is 0 Å². The van der Waals surface area contributed by atoms with Crippen LogP contribution in [0, 0.1) is 0 Å². The van der Waals surface area contributed by atoms with Gasteiger partial charge in [-0.3, -0.25) is 9.69 Å². The maximum Gasteiger partial charge on any atom is 0.176 e. The lowest BCUT2D eigenvalue weighted by Crippen LogP contribution is -2.33. The van der Waals surface area contributed by atoms with Crippen molar-refractivity contribution < 1.29 is 9.90 Å². The molecule has 1 aromatic rings. The van der Waals surface area contributed by atoms with Crippen molar-refractivity contribution in [2.75, 3.05) is 19.6 Å². The van der Waals surface area contributed by atoms with Gasteiger partial charge in [-0.1, -0.05) is 12.8 Å². The quantitative estimate of drug-likeness (QED) is 0.508. The molecular formula is C15H18BNO2S. The number of phenolic OH excluding ortho intramolecular Hbond substituents is 1. The van der Waals surface area contributed by atoms with Crippen molar-refractivity contribution in [1.82, 2.24) is 4.90 Å². The highest BCUT2D eigenvalue weighted by Crippen LogP contribution is 2.58. The molecule has 3 rings (SSSR count). The number of benzene rings is 1. The highest BCUT2D eigenvalue weighted by Gasteiger charge is 2.54. The molecule has 5 heteroatoms. The molecule has 2 radical (unpaired) electrons. The summed E-state index contributed by atoms with van der Waals surface area (Å²) in [5.74, 6) is 0.234. The summed E-state index contributed by atoms with van der Waals surface area (Å²) in [5, 5.41) is 8.99. The zero-order valence-electron chi connectivity index (χ0n) is 11.4. The van der Waals surface area contributed by atoms with Gasteiger partial charge in [0, 0.05) is 16.9 Å². The van der Waals surface area contributed by atoms with Gasteiger partial charge in [0.15, 0.2) is 5.78 Å². The maximum atomic E-state index is 12.3. The fraction of sp³-hybridized carbons (Fsp3) is 0.533. The van der Waals surface area contributed by atoms with Gasteiger partial charge in [-0.05, 0) is 42.5 Å². The van der Waals surface area contributed by atoms with Crippen LogP contribution in [0.5, 0.6) is 5.75 Å². The van der Waals surface area contributed by atoms with Gasteiger partial charge in [-0.25, -0.2) is 0 Å². The highest BCUT2D eigenvalue weighted by atomic mass is 32.1. The summed E-state index contributed by atoms with van der Waals surface area (Å²) in [4.78, 5) is 14.4. The molecule has 1 aliphatic heterocycles. The predicted octanol–water partition coefficient (Wildman–Crippen LogP) is 2.07. The van der Waals surface area contributed by atoms with Gasteiger partial charge in [0.1, 0.15) is 5.75 Å². The number of carbonyl (C=O) groups excluding carboxylic acids is 1. The second-order valence-electron chi connectivity index (χ2n) is 6.16. The Labute approximate surface area is 126 Å². The van der Waals surface area contributed by atoms with E-state index in [1.54, 1.807) is 12.1 Å². The minimum absolute atomic E-state index is 0.0607. The molecule has 1 aliphatic carbocycles. The molecule has 20 heavy (non-hydrogen) atoms. The Morgan fingerprint density at radius 2 is 2.00 bits per heavy atom. The van der Waals surface area contributed by atoms with Crippen molar-refractivity contribution in [3.05, 3.63) is 29.8 Å². The van der Waals surface area contributed by atoms with E-state index in [9.17, 15) is 9.90 Å². The number of hydrogen-bond donors (Lipinski definition) is 2. The average molecular weight is 287 g/mol. The Kier molecular flexibility index (Phi) is 3.37. The number of nitrogens with zero attached hydrogens (tertiary/aromatic N) is 1. The van der Waals surface area contributed by atoms with Crippen LogP contribution in [-0.2, 0) is 0 Å². The largest absolute Gasteiger partial charge is 0.508 e. The molecule has 2 atom stereocenters. The van der Waals surface area contributed by atoms with E-state index in [1.807, 2.05) is 0 Å². The molecule has 3 nitrogen and oxygen atoms in total. The molecule has 2 fully saturated rings. The smallest absolute Gasteiger partial charge is 0.176 e. The first-order valence-corrected chi connectivity index (χ1v) is 7.43. The van der Waals surface area contributed by atoms with Crippen molar-refractivity contribution in [3.63, 3.8) is 0 Å². The fourth-order valence-corrected chi connectivity index (χ4v) is 4.06. The Balaban J connectivity index is 1.68. The third-order valence-corrected chi connectivity index (χ3v) is 5.50. The molecule has 1 saturated carbocycles.